The molecule has 1 aromatic heterocycles. The summed E-state index contributed by atoms with van der Waals surface area (Å²) in [4.78, 5) is 12.9. The van der Waals surface area contributed by atoms with Gasteiger partial charge in [-0.3, -0.25) is 5.32 Å². The van der Waals surface area contributed by atoms with Gasteiger partial charge in [0.2, 0.25) is 0 Å². The van der Waals surface area contributed by atoms with Crippen LogP contribution in [-0.2, 0) is 4.74 Å². The Labute approximate surface area is 168 Å². The summed E-state index contributed by atoms with van der Waals surface area (Å²) >= 11 is 1.84. The molecule has 0 saturated carbocycles. The molecule has 6 nitrogen and oxygen atoms in total. The number of ether oxygens (including phenoxy) is 1. The average molecular weight is 397 g/mol. The van der Waals surface area contributed by atoms with E-state index in [1.807, 2.05) is 36.5 Å². The van der Waals surface area contributed by atoms with E-state index in [1.54, 1.807) is 6.92 Å². The molecule has 2 aromatic carbocycles. The van der Waals surface area contributed by atoms with E-state index in [1.165, 1.54) is 15.0 Å². The fourth-order valence-corrected chi connectivity index (χ4v) is 4.52. The minimum absolute atomic E-state index is 0.123. The molecule has 1 fully saturated rings. The molecule has 0 aliphatic carbocycles. The maximum Gasteiger partial charge on any atom is 0.411 e. The Morgan fingerprint density at radius 1 is 1.21 bits per heavy atom. The lowest BCUT2D eigenvalue weighted by molar-refractivity contribution is 0.168. The summed E-state index contributed by atoms with van der Waals surface area (Å²) in [6.45, 7) is 4.16. The standard InChI is InChI=1S/C21H24N4O2S/c1-3-27-21(26)22-15-8-9-16(13(2)10-15)23-20-12-17(24-25-20)19-11-14-6-4-5-7-18(14)28-19/h4-11,17,20,23-25H,3,12H2,1-2H3,(H,22,26). The number of thiophene rings is 1. The number of rotatable bonds is 5. The van der Waals surface area contributed by atoms with Gasteiger partial charge >= 0.3 is 6.09 Å². The Morgan fingerprint density at radius 3 is 2.86 bits per heavy atom. The van der Waals surface area contributed by atoms with Crippen molar-refractivity contribution in [1.29, 1.82) is 0 Å². The van der Waals surface area contributed by atoms with Crippen molar-refractivity contribution in [3.63, 3.8) is 0 Å². The minimum Gasteiger partial charge on any atom is -0.450 e. The fourth-order valence-electron chi connectivity index (χ4n) is 3.39. The Hall–Kier alpha value is -2.61. The zero-order valence-electron chi connectivity index (χ0n) is 15.9. The fraction of sp³-hybridized carbons (Fsp3) is 0.286. The predicted octanol–water partition coefficient (Wildman–Crippen LogP) is 4.76. The Bertz CT molecular complexity index is 954. The summed E-state index contributed by atoms with van der Waals surface area (Å²) in [6, 6.07) is 16.8. The SMILES string of the molecule is CCOC(=O)Nc1ccc(NC2CC(c3cc4ccccc4s3)NN2)c(C)c1. The number of carbonyl (C=O) groups is 1. The van der Waals surface area contributed by atoms with Crippen LogP contribution in [0.5, 0.6) is 0 Å². The number of carbonyl (C=O) groups excluding carboxylic acids is 1. The monoisotopic (exact) mass is 396 g/mol. The number of benzene rings is 2. The first-order chi connectivity index (χ1) is 13.6. The van der Waals surface area contributed by atoms with E-state index in [2.05, 4.69) is 51.8 Å². The first kappa shape index (κ1) is 18.7. The quantitative estimate of drug-likeness (QED) is 0.501. The van der Waals surface area contributed by atoms with E-state index in [4.69, 9.17) is 4.74 Å². The molecule has 2 heterocycles. The van der Waals surface area contributed by atoms with Crippen LogP contribution in [0, 0.1) is 6.92 Å². The van der Waals surface area contributed by atoms with Crippen molar-refractivity contribution >= 4 is 38.9 Å². The van der Waals surface area contributed by atoms with Gasteiger partial charge in [0.15, 0.2) is 0 Å². The molecule has 4 rings (SSSR count). The molecule has 0 radical (unpaired) electrons. The van der Waals surface area contributed by atoms with Crippen molar-refractivity contribution in [3.05, 3.63) is 59.0 Å². The Morgan fingerprint density at radius 2 is 2.07 bits per heavy atom. The van der Waals surface area contributed by atoms with Crippen molar-refractivity contribution in [2.75, 3.05) is 17.2 Å². The maximum absolute atomic E-state index is 11.6. The van der Waals surface area contributed by atoms with Gasteiger partial charge in [0.1, 0.15) is 0 Å². The summed E-state index contributed by atoms with van der Waals surface area (Å²) in [6.07, 6.45) is 0.628. The number of anilines is 2. The van der Waals surface area contributed by atoms with Gasteiger partial charge in [-0.25, -0.2) is 15.6 Å². The van der Waals surface area contributed by atoms with Crippen molar-refractivity contribution < 1.29 is 9.53 Å². The minimum atomic E-state index is -0.435. The van der Waals surface area contributed by atoms with Crippen LogP contribution in [0.25, 0.3) is 10.1 Å². The molecular weight excluding hydrogens is 372 g/mol. The van der Waals surface area contributed by atoms with E-state index in [-0.39, 0.29) is 12.2 Å². The second kappa shape index (κ2) is 8.18. The van der Waals surface area contributed by atoms with Crippen molar-refractivity contribution in [2.45, 2.75) is 32.5 Å². The number of hydrazine groups is 1. The third-order valence-electron chi connectivity index (χ3n) is 4.77. The smallest absolute Gasteiger partial charge is 0.411 e. The third-order valence-corrected chi connectivity index (χ3v) is 6.00. The molecule has 3 aromatic rings. The van der Waals surface area contributed by atoms with Crippen LogP contribution in [0.3, 0.4) is 0 Å². The van der Waals surface area contributed by atoms with Gasteiger partial charge in [0, 0.05) is 27.4 Å². The summed E-state index contributed by atoms with van der Waals surface area (Å²) in [7, 11) is 0. The molecule has 0 bridgehead atoms. The van der Waals surface area contributed by atoms with Gasteiger partial charge < -0.3 is 10.1 Å². The zero-order chi connectivity index (χ0) is 19.5. The molecule has 1 aliphatic rings. The molecule has 0 spiro atoms. The van der Waals surface area contributed by atoms with Gasteiger partial charge in [0.25, 0.3) is 0 Å². The zero-order valence-corrected chi connectivity index (χ0v) is 16.7. The molecule has 2 unspecified atom stereocenters. The Kier molecular flexibility index (Phi) is 5.47. The van der Waals surface area contributed by atoms with Gasteiger partial charge in [-0.1, -0.05) is 18.2 Å². The van der Waals surface area contributed by atoms with Crippen molar-refractivity contribution in [2.24, 2.45) is 0 Å². The van der Waals surface area contributed by atoms with Crippen LogP contribution < -0.4 is 21.5 Å². The topological polar surface area (TPSA) is 74.4 Å². The number of fused-ring (bicyclic) bond motifs is 1. The third kappa shape index (κ3) is 4.11. The van der Waals surface area contributed by atoms with Gasteiger partial charge in [-0.2, -0.15) is 0 Å². The molecule has 146 valence electrons. The van der Waals surface area contributed by atoms with Gasteiger partial charge in [-0.05, 0) is 55.1 Å². The van der Waals surface area contributed by atoms with Crippen LogP contribution in [0.15, 0.2) is 48.5 Å². The molecule has 7 heteroatoms. The molecule has 28 heavy (non-hydrogen) atoms. The number of aryl methyl sites for hydroxylation is 1. The highest BCUT2D eigenvalue weighted by atomic mass is 32.1. The Balaban J connectivity index is 1.39. The normalized spacial score (nSPS) is 18.9. The molecular formula is C21H24N4O2S. The molecule has 4 N–H and O–H groups in total. The highest BCUT2D eigenvalue weighted by molar-refractivity contribution is 7.19. The largest absolute Gasteiger partial charge is 0.450 e. The predicted molar refractivity (Wildman–Crippen MR) is 115 cm³/mol. The maximum atomic E-state index is 11.6. The van der Waals surface area contributed by atoms with Crippen LogP contribution >= 0.6 is 11.3 Å². The van der Waals surface area contributed by atoms with Crippen molar-refractivity contribution in [3.8, 4) is 0 Å². The van der Waals surface area contributed by atoms with E-state index >= 15 is 0 Å². The van der Waals surface area contributed by atoms with E-state index < -0.39 is 6.09 Å². The second-order valence-electron chi connectivity index (χ2n) is 6.84. The lowest BCUT2D eigenvalue weighted by Gasteiger charge is -2.16. The summed E-state index contributed by atoms with van der Waals surface area (Å²) in [5.74, 6) is 0. The lowest BCUT2D eigenvalue weighted by atomic mass is 10.1. The summed E-state index contributed by atoms with van der Waals surface area (Å²) < 4.78 is 6.23. The van der Waals surface area contributed by atoms with Crippen LogP contribution in [-0.4, -0.2) is 18.9 Å². The number of amides is 1. The number of hydrogen-bond acceptors (Lipinski definition) is 6. The number of nitrogens with one attached hydrogen (secondary N) is 4. The van der Waals surface area contributed by atoms with E-state index in [0.29, 0.717) is 6.61 Å². The lowest BCUT2D eigenvalue weighted by Crippen LogP contribution is -2.36. The first-order valence-electron chi connectivity index (χ1n) is 9.43. The van der Waals surface area contributed by atoms with Gasteiger partial charge in [-0.15, -0.1) is 11.3 Å². The summed E-state index contributed by atoms with van der Waals surface area (Å²) in [5, 5.41) is 7.56. The van der Waals surface area contributed by atoms with E-state index in [9.17, 15) is 4.79 Å². The molecule has 1 aliphatic heterocycles. The first-order valence-corrected chi connectivity index (χ1v) is 10.2. The highest BCUT2D eigenvalue weighted by Crippen LogP contribution is 2.33. The van der Waals surface area contributed by atoms with Crippen LogP contribution in [0.1, 0.15) is 29.8 Å². The highest BCUT2D eigenvalue weighted by Gasteiger charge is 2.26. The van der Waals surface area contributed by atoms with Crippen molar-refractivity contribution in [1.82, 2.24) is 10.9 Å². The van der Waals surface area contributed by atoms with Gasteiger partial charge in [0.05, 0.1) is 18.8 Å². The average Bonchev–Trinajstić information content (AvgIpc) is 3.30. The second-order valence-corrected chi connectivity index (χ2v) is 7.95. The molecule has 1 amide bonds. The van der Waals surface area contributed by atoms with Crippen LogP contribution in [0.4, 0.5) is 16.2 Å². The molecule has 1 saturated heterocycles. The van der Waals surface area contributed by atoms with E-state index in [0.717, 1.165) is 23.4 Å². The van der Waals surface area contributed by atoms with Crippen LogP contribution in [0.2, 0.25) is 0 Å². The summed E-state index contributed by atoms with van der Waals surface area (Å²) in [5.41, 5.74) is 9.56. The number of hydrogen-bond donors (Lipinski definition) is 4. The molecule has 2 atom stereocenters.